The lowest BCUT2D eigenvalue weighted by Crippen LogP contribution is -2.47. The lowest BCUT2D eigenvalue weighted by Gasteiger charge is -2.56. The lowest BCUT2D eigenvalue weighted by atomic mass is 9.49. The van der Waals surface area contributed by atoms with Crippen molar-refractivity contribution in [1.82, 2.24) is 5.43 Å². The van der Waals surface area contributed by atoms with Crippen LogP contribution in [0.25, 0.3) is 0 Å². The molecule has 4 bridgehead atoms. The van der Waals surface area contributed by atoms with Crippen molar-refractivity contribution in [2.24, 2.45) is 28.3 Å². The van der Waals surface area contributed by atoms with Crippen LogP contribution in [0.2, 0.25) is 0 Å². The standard InChI is InChI=1S/C21H28N2O2/c1-14(18-3-5-19(25-2)6-4-18)22-23-20(24)13-21-10-15-7-16(11-21)9-17(8-15)12-21/h3-6,15-17H,7-13H2,1-2H3,(H,23,24). The van der Waals surface area contributed by atoms with Crippen LogP contribution in [0.15, 0.2) is 29.4 Å². The summed E-state index contributed by atoms with van der Waals surface area (Å²) in [6, 6.07) is 7.74. The summed E-state index contributed by atoms with van der Waals surface area (Å²) in [4.78, 5) is 12.5. The first-order valence-corrected chi connectivity index (χ1v) is 9.53. The number of nitrogens with one attached hydrogen (secondary N) is 1. The third-order valence-corrected chi connectivity index (χ3v) is 6.56. The summed E-state index contributed by atoms with van der Waals surface area (Å²) in [5.74, 6) is 3.54. The van der Waals surface area contributed by atoms with Gasteiger partial charge in [-0.05, 0) is 98.4 Å². The quantitative estimate of drug-likeness (QED) is 0.647. The van der Waals surface area contributed by atoms with Crippen LogP contribution in [0.1, 0.15) is 57.4 Å². The molecule has 0 aliphatic heterocycles. The second kappa shape index (κ2) is 6.47. The molecule has 1 aromatic carbocycles. The normalized spacial score (nSPS) is 33.4. The Kier molecular flexibility index (Phi) is 4.30. The average molecular weight is 340 g/mol. The van der Waals surface area contributed by atoms with Gasteiger partial charge < -0.3 is 4.74 Å². The molecule has 4 heteroatoms. The van der Waals surface area contributed by atoms with Gasteiger partial charge in [-0.25, -0.2) is 5.43 Å². The topological polar surface area (TPSA) is 50.7 Å². The van der Waals surface area contributed by atoms with Gasteiger partial charge in [0.25, 0.3) is 0 Å². The predicted molar refractivity (Wildman–Crippen MR) is 98.6 cm³/mol. The van der Waals surface area contributed by atoms with Gasteiger partial charge in [-0.3, -0.25) is 4.79 Å². The number of carbonyl (C=O) groups is 1. The van der Waals surface area contributed by atoms with E-state index in [1.165, 1.54) is 38.5 Å². The number of hydrogen-bond donors (Lipinski definition) is 1. The summed E-state index contributed by atoms with van der Waals surface area (Å²) in [5, 5.41) is 4.32. The summed E-state index contributed by atoms with van der Waals surface area (Å²) < 4.78 is 5.17. The number of amides is 1. The molecule has 5 rings (SSSR count). The Balaban J connectivity index is 1.37. The molecule has 0 spiro atoms. The fourth-order valence-electron chi connectivity index (χ4n) is 5.93. The van der Waals surface area contributed by atoms with Gasteiger partial charge in [0.2, 0.25) is 5.91 Å². The fourth-order valence-corrected chi connectivity index (χ4v) is 5.93. The van der Waals surface area contributed by atoms with Crippen molar-refractivity contribution in [1.29, 1.82) is 0 Å². The second-order valence-electron chi connectivity index (χ2n) is 8.56. The number of ether oxygens (including phenoxy) is 1. The zero-order valence-electron chi connectivity index (χ0n) is 15.3. The van der Waals surface area contributed by atoms with E-state index in [1.54, 1.807) is 7.11 Å². The van der Waals surface area contributed by atoms with E-state index in [1.807, 2.05) is 31.2 Å². The molecule has 0 aromatic heterocycles. The molecule has 0 heterocycles. The molecule has 4 aliphatic carbocycles. The Morgan fingerprint density at radius 3 is 2.20 bits per heavy atom. The van der Waals surface area contributed by atoms with Gasteiger partial charge >= 0.3 is 0 Å². The third kappa shape index (κ3) is 3.44. The fraction of sp³-hybridized carbons (Fsp3) is 0.619. The monoisotopic (exact) mass is 340 g/mol. The largest absolute Gasteiger partial charge is 0.497 e. The first-order valence-electron chi connectivity index (χ1n) is 9.53. The maximum atomic E-state index is 12.5. The van der Waals surface area contributed by atoms with Gasteiger partial charge in [0.1, 0.15) is 5.75 Å². The van der Waals surface area contributed by atoms with Crippen LogP contribution in [0.5, 0.6) is 5.75 Å². The van der Waals surface area contributed by atoms with E-state index in [0.29, 0.717) is 6.42 Å². The molecule has 0 atom stereocenters. The molecular formula is C21H28N2O2. The van der Waals surface area contributed by atoms with Crippen molar-refractivity contribution >= 4 is 11.6 Å². The molecule has 0 saturated heterocycles. The van der Waals surface area contributed by atoms with Crippen LogP contribution >= 0.6 is 0 Å². The van der Waals surface area contributed by atoms with E-state index >= 15 is 0 Å². The lowest BCUT2D eigenvalue weighted by molar-refractivity contribution is -0.129. The van der Waals surface area contributed by atoms with Gasteiger partial charge in [0, 0.05) is 6.42 Å². The molecule has 1 N–H and O–H groups in total. The summed E-state index contributed by atoms with van der Waals surface area (Å²) >= 11 is 0. The molecule has 25 heavy (non-hydrogen) atoms. The molecule has 1 aromatic rings. The highest BCUT2D eigenvalue weighted by Crippen LogP contribution is 2.61. The SMILES string of the molecule is COc1ccc(C(C)=NNC(=O)CC23CC4CC(CC(C4)C2)C3)cc1. The third-order valence-electron chi connectivity index (χ3n) is 6.56. The van der Waals surface area contributed by atoms with E-state index in [4.69, 9.17) is 4.74 Å². The van der Waals surface area contributed by atoms with Gasteiger partial charge in [0.15, 0.2) is 0 Å². The Labute approximate surface area is 150 Å². The van der Waals surface area contributed by atoms with Gasteiger partial charge in [0.05, 0.1) is 12.8 Å². The Bertz CT molecular complexity index is 642. The van der Waals surface area contributed by atoms with Crippen LogP contribution in [0.4, 0.5) is 0 Å². The highest BCUT2D eigenvalue weighted by molar-refractivity contribution is 5.99. The number of hydrogen-bond acceptors (Lipinski definition) is 3. The van der Waals surface area contributed by atoms with Crippen molar-refractivity contribution < 1.29 is 9.53 Å². The van der Waals surface area contributed by atoms with Crippen LogP contribution in [0, 0.1) is 23.2 Å². The predicted octanol–water partition coefficient (Wildman–Crippen LogP) is 4.14. The van der Waals surface area contributed by atoms with Crippen molar-refractivity contribution in [3.05, 3.63) is 29.8 Å². The summed E-state index contributed by atoms with van der Waals surface area (Å²) in [6.07, 6.45) is 8.66. The number of nitrogens with zero attached hydrogens (tertiary/aromatic N) is 1. The van der Waals surface area contributed by atoms with Crippen LogP contribution in [-0.4, -0.2) is 18.7 Å². The molecule has 1 amide bonds. The van der Waals surface area contributed by atoms with E-state index in [0.717, 1.165) is 34.8 Å². The molecule has 4 aliphatic rings. The number of carbonyl (C=O) groups excluding carboxylic acids is 1. The maximum absolute atomic E-state index is 12.5. The van der Waals surface area contributed by atoms with Gasteiger partial charge in [-0.2, -0.15) is 5.10 Å². The maximum Gasteiger partial charge on any atom is 0.240 e. The molecule has 4 nitrogen and oxygen atoms in total. The van der Waals surface area contributed by atoms with Gasteiger partial charge in [-0.15, -0.1) is 0 Å². The summed E-state index contributed by atoms with van der Waals surface area (Å²) in [5.41, 5.74) is 4.89. The van der Waals surface area contributed by atoms with Crippen molar-refractivity contribution in [2.75, 3.05) is 7.11 Å². The minimum atomic E-state index is 0.0785. The number of methoxy groups -OCH3 is 1. The van der Waals surface area contributed by atoms with Crippen molar-refractivity contribution in [2.45, 2.75) is 51.9 Å². The van der Waals surface area contributed by atoms with E-state index in [-0.39, 0.29) is 11.3 Å². The molecular weight excluding hydrogens is 312 g/mol. The number of rotatable bonds is 5. The number of hydrazone groups is 1. The zero-order valence-corrected chi connectivity index (χ0v) is 15.3. The molecule has 4 fully saturated rings. The minimum Gasteiger partial charge on any atom is -0.497 e. The Hall–Kier alpha value is -1.84. The smallest absolute Gasteiger partial charge is 0.240 e. The second-order valence-corrected chi connectivity index (χ2v) is 8.56. The summed E-state index contributed by atoms with van der Waals surface area (Å²) in [7, 11) is 1.65. The van der Waals surface area contributed by atoms with Crippen LogP contribution < -0.4 is 10.2 Å². The van der Waals surface area contributed by atoms with E-state index in [2.05, 4.69) is 10.5 Å². The summed E-state index contributed by atoms with van der Waals surface area (Å²) in [6.45, 7) is 1.92. The average Bonchev–Trinajstić information content (AvgIpc) is 2.58. The zero-order chi connectivity index (χ0) is 17.4. The molecule has 4 saturated carbocycles. The molecule has 134 valence electrons. The van der Waals surface area contributed by atoms with Gasteiger partial charge in [-0.1, -0.05) is 0 Å². The first kappa shape index (κ1) is 16.6. The highest BCUT2D eigenvalue weighted by Gasteiger charge is 2.51. The number of benzene rings is 1. The highest BCUT2D eigenvalue weighted by atomic mass is 16.5. The molecule has 0 radical (unpaired) electrons. The van der Waals surface area contributed by atoms with E-state index in [9.17, 15) is 4.79 Å². The van der Waals surface area contributed by atoms with E-state index < -0.39 is 0 Å². The first-order chi connectivity index (χ1) is 12.0. The van der Waals surface area contributed by atoms with Crippen LogP contribution in [0.3, 0.4) is 0 Å². The Morgan fingerprint density at radius 2 is 1.68 bits per heavy atom. The Morgan fingerprint density at radius 1 is 1.12 bits per heavy atom. The van der Waals surface area contributed by atoms with Crippen molar-refractivity contribution in [3.8, 4) is 5.75 Å². The minimum absolute atomic E-state index is 0.0785. The van der Waals surface area contributed by atoms with Crippen molar-refractivity contribution in [3.63, 3.8) is 0 Å². The molecule has 0 unspecified atom stereocenters. The van der Waals surface area contributed by atoms with Crippen LogP contribution in [-0.2, 0) is 4.79 Å².